The lowest BCUT2D eigenvalue weighted by molar-refractivity contribution is -0.150. The molecule has 1 atom stereocenters. The molecule has 2 rings (SSSR count). The Labute approximate surface area is 132 Å². The number of halogens is 1. The van der Waals surface area contributed by atoms with Gasteiger partial charge in [-0.15, -0.1) is 0 Å². The van der Waals surface area contributed by atoms with Crippen molar-refractivity contribution in [2.24, 2.45) is 5.92 Å². The zero-order chi connectivity index (χ0) is 15.2. The Morgan fingerprint density at radius 1 is 1.29 bits per heavy atom. The zero-order valence-corrected chi connectivity index (χ0v) is 13.4. The van der Waals surface area contributed by atoms with Crippen LogP contribution in [0.2, 0.25) is 0 Å². The molecule has 5 nitrogen and oxygen atoms in total. The Bertz CT molecular complexity index is 499. The maximum Gasteiger partial charge on any atom is 0.344 e. The summed E-state index contributed by atoms with van der Waals surface area (Å²) in [6.45, 7) is 1.49. The van der Waals surface area contributed by atoms with Crippen LogP contribution in [-0.2, 0) is 14.3 Å². The molecule has 1 saturated carbocycles. The van der Waals surface area contributed by atoms with E-state index >= 15 is 0 Å². The van der Waals surface area contributed by atoms with Gasteiger partial charge in [-0.05, 0) is 49.9 Å². The number of ether oxygens (including phenoxy) is 2. The topological polar surface area (TPSA) is 64.6 Å². The van der Waals surface area contributed by atoms with Gasteiger partial charge >= 0.3 is 5.97 Å². The molecule has 0 spiro atoms. The average Bonchev–Trinajstić information content (AvgIpc) is 3.29. The molecule has 0 unspecified atom stereocenters. The minimum absolute atomic E-state index is 0.148. The van der Waals surface area contributed by atoms with Crippen molar-refractivity contribution in [3.8, 4) is 5.75 Å². The van der Waals surface area contributed by atoms with Gasteiger partial charge in [-0.2, -0.15) is 0 Å². The van der Waals surface area contributed by atoms with Crippen molar-refractivity contribution in [2.75, 3.05) is 13.2 Å². The summed E-state index contributed by atoms with van der Waals surface area (Å²) in [5, 5.41) is 2.82. The van der Waals surface area contributed by atoms with Gasteiger partial charge in [0.05, 0.1) is 0 Å². The van der Waals surface area contributed by atoms with E-state index in [2.05, 4.69) is 21.2 Å². The van der Waals surface area contributed by atoms with Gasteiger partial charge in [0.2, 0.25) is 0 Å². The quantitative estimate of drug-likeness (QED) is 0.762. The summed E-state index contributed by atoms with van der Waals surface area (Å²) < 4.78 is 11.1. The molecule has 0 aliphatic heterocycles. The van der Waals surface area contributed by atoms with Crippen molar-refractivity contribution in [3.63, 3.8) is 0 Å². The average molecular weight is 356 g/mol. The lowest BCUT2D eigenvalue weighted by atomic mass is 10.2. The molecule has 0 bridgehead atoms. The van der Waals surface area contributed by atoms with Crippen molar-refractivity contribution in [1.29, 1.82) is 0 Å². The number of esters is 1. The Morgan fingerprint density at radius 3 is 2.57 bits per heavy atom. The first-order chi connectivity index (χ1) is 10.0. The summed E-state index contributed by atoms with van der Waals surface area (Å²) >= 11 is 3.31. The molecule has 0 saturated heterocycles. The summed E-state index contributed by atoms with van der Waals surface area (Å²) in [6, 6.07) is 7.25. The predicted octanol–water partition coefficient (Wildman–Crippen LogP) is 2.29. The number of hydrogen-bond acceptors (Lipinski definition) is 4. The van der Waals surface area contributed by atoms with E-state index < -0.39 is 5.97 Å². The number of carbonyl (C=O) groups is 2. The number of benzene rings is 1. The van der Waals surface area contributed by atoms with E-state index in [4.69, 9.17) is 9.47 Å². The summed E-state index contributed by atoms with van der Waals surface area (Å²) in [4.78, 5) is 23.1. The fourth-order valence-electron chi connectivity index (χ4n) is 1.87. The minimum Gasteiger partial charge on any atom is -0.482 e. The number of rotatable bonds is 7. The second kappa shape index (κ2) is 7.45. The fraction of sp³-hybridized carbons (Fsp3) is 0.467. The van der Waals surface area contributed by atoms with E-state index in [1.54, 1.807) is 12.1 Å². The highest BCUT2D eigenvalue weighted by Gasteiger charge is 2.28. The number of nitrogens with one attached hydrogen (secondary N) is 1. The Kier molecular flexibility index (Phi) is 5.61. The second-order valence-corrected chi connectivity index (χ2v) is 6.01. The summed E-state index contributed by atoms with van der Waals surface area (Å²) in [6.07, 6.45) is 2.31. The third-order valence-corrected chi connectivity index (χ3v) is 3.78. The molecule has 1 fully saturated rings. The minimum atomic E-state index is -0.563. The summed E-state index contributed by atoms with van der Waals surface area (Å²) in [7, 11) is 0. The number of amides is 1. The Morgan fingerprint density at radius 2 is 1.95 bits per heavy atom. The van der Waals surface area contributed by atoms with E-state index in [0.29, 0.717) is 11.7 Å². The first-order valence-electron chi connectivity index (χ1n) is 6.88. The fourth-order valence-corrected chi connectivity index (χ4v) is 2.13. The van der Waals surface area contributed by atoms with Crippen LogP contribution in [0.4, 0.5) is 0 Å². The van der Waals surface area contributed by atoms with Crippen molar-refractivity contribution in [1.82, 2.24) is 5.32 Å². The van der Waals surface area contributed by atoms with Gasteiger partial charge in [0, 0.05) is 10.5 Å². The van der Waals surface area contributed by atoms with Crippen LogP contribution in [0.1, 0.15) is 19.8 Å². The van der Waals surface area contributed by atoms with E-state index in [1.807, 2.05) is 19.1 Å². The molecular formula is C15H18BrNO4. The van der Waals surface area contributed by atoms with Crippen LogP contribution in [0, 0.1) is 5.92 Å². The smallest absolute Gasteiger partial charge is 0.344 e. The highest BCUT2D eigenvalue weighted by Crippen LogP contribution is 2.32. The molecule has 1 aliphatic carbocycles. The van der Waals surface area contributed by atoms with Crippen molar-refractivity contribution >= 4 is 27.8 Å². The monoisotopic (exact) mass is 355 g/mol. The van der Waals surface area contributed by atoms with Crippen molar-refractivity contribution in [2.45, 2.75) is 25.8 Å². The third-order valence-electron chi connectivity index (χ3n) is 3.25. The molecular weight excluding hydrogens is 338 g/mol. The normalized spacial score (nSPS) is 15.1. The van der Waals surface area contributed by atoms with Crippen molar-refractivity contribution in [3.05, 3.63) is 28.7 Å². The van der Waals surface area contributed by atoms with E-state index in [9.17, 15) is 9.59 Å². The van der Waals surface area contributed by atoms with Gasteiger partial charge in [-0.3, -0.25) is 4.79 Å². The standard InChI is InChI=1S/C15H18BrNO4/c1-10(11-2-3-11)17-14(18)8-21-15(19)9-20-13-6-4-12(16)5-7-13/h4-7,10-11H,2-3,8-9H2,1H3,(H,17,18)/t10-/m0/s1. The van der Waals surface area contributed by atoms with Crippen LogP contribution >= 0.6 is 15.9 Å². The van der Waals surface area contributed by atoms with Gasteiger partial charge in [0.15, 0.2) is 13.2 Å². The highest BCUT2D eigenvalue weighted by molar-refractivity contribution is 9.10. The molecule has 1 aliphatic rings. The van der Waals surface area contributed by atoms with E-state index in [0.717, 1.165) is 17.3 Å². The number of hydrogen-bond donors (Lipinski definition) is 1. The van der Waals surface area contributed by atoms with E-state index in [-0.39, 0.29) is 25.2 Å². The molecule has 0 heterocycles. The molecule has 0 aromatic heterocycles. The number of carbonyl (C=O) groups excluding carboxylic acids is 2. The predicted molar refractivity (Wildman–Crippen MR) is 80.9 cm³/mol. The lowest BCUT2D eigenvalue weighted by Gasteiger charge is -2.12. The molecule has 114 valence electrons. The van der Waals surface area contributed by atoms with Crippen LogP contribution in [0.25, 0.3) is 0 Å². The van der Waals surface area contributed by atoms with Crippen LogP contribution in [0.3, 0.4) is 0 Å². The molecule has 1 N–H and O–H groups in total. The maximum atomic E-state index is 11.6. The van der Waals surface area contributed by atoms with Gasteiger partial charge in [0.1, 0.15) is 5.75 Å². The zero-order valence-electron chi connectivity index (χ0n) is 11.8. The molecule has 6 heteroatoms. The maximum absolute atomic E-state index is 11.6. The van der Waals surface area contributed by atoms with Crippen LogP contribution < -0.4 is 10.1 Å². The first kappa shape index (κ1) is 15.8. The summed E-state index contributed by atoms with van der Waals surface area (Å²) in [5.41, 5.74) is 0. The Balaban J connectivity index is 1.62. The van der Waals surface area contributed by atoms with Crippen molar-refractivity contribution < 1.29 is 19.1 Å². The molecule has 1 aromatic carbocycles. The van der Waals surface area contributed by atoms with Crippen LogP contribution in [-0.4, -0.2) is 31.1 Å². The lowest BCUT2D eigenvalue weighted by Crippen LogP contribution is -2.37. The molecule has 0 radical (unpaired) electrons. The molecule has 1 amide bonds. The van der Waals surface area contributed by atoms with Crippen LogP contribution in [0.5, 0.6) is 5.75 Å². The first-order valence-corrected chi connectivity index (χ1v) is 7.67. The SMILES string of the molecule is C[C@H](NC(=O)COC(=O)COc1ccc(Br)cc1)C1CC1. The third kappa shape index (κ3) is 5.75. The highest BCUT2D eigenvalue weighted by atomic mass is 79.9. The molecule has 1 aromatic rings. The molecule has 21 heavy (non-hydrogen) atoms. The van der Waals surface area contributed by atoms with E-state index in [1.165, 1.54) is 0 Å². The van der Waals surface area contributed by atoms with Gasteiger partial charge < -0.3 is 14.8 Å². The largest absolute Gasteiger partial charge is 0.482 e. The van der Waals surface area contributed by atoms with Crippen LogP contribution in [0.15, 0.2) is 28.7 Å². The summed E-state index contributed by atoms with van der Waals surface area (Å²) in [5.74, 6) is 0.311. The van der Waals surface area contributed by atoms with Gasteiger partial charge in [-0.1, -0.05) is 15.9 Å². The second-order valence-electron chi connectivity index (χ2n) is 5.10. The van der Waals surface area contributed by atoms with Gasteiger partial charge in [-0.25, -0.2) is 4.79 Å². The Hall–Kier alpha value is -1.56. The van der Waals surface area contributed by atoms with Gasteiger partial charge in [0.25, 0.3) is 5.91 Å².